The Balaban J connectivity index is 1.55. The molecular weight excluding hydrogens is 354 g/mol. The van der Waals surface area contributed by atoms with E-state index in [-0.39, 0.29) is 5.66 Å². The topological polar surface area (TPSA) is 18.6 Å². The average molecular weight is 380 g/mol. The Labute approximate surface area is 172 Å². The molecule has 0 radical (unpaired) electrons. The van der Waals surface area contributed by atoms with E-state index in [0.29, 0.717) is 0 Å². The van der Waals surface area contributed by atoms with Crippen molar-refractivity contribution in [1.82, 2.24) is 5.01 Å². The van der Waals surface area contributed by atoms with Gasteiger partial charge < -0.3 is 0 Å². The fourth-order valence-electron chi connectivity index (χ4n) is 5.13. The molecular formula is C26H25N3. The van der Waals surface area contributed by atoms with E-state index in [1.54, 1.807) is 0 Å². The lowest BCUT2D eigenvalue weighted by Crippen LogP contribution is -2.41. The third-order valence-corrected chi connectivity index (χ3v) is 6.71. The summed E-state index contributed by atoms with van der Waals surface area (Å²) in [6.07, 6.45) is 3.61. The van der Waals surface area contributed by atoms with Crippen LogP contribution in [0.3, 0.4) is 0 Å². The summed E-state index contributed by atoms with van der Waals surface area (Å²) in [6, 6.07) is 28.4. The zero-order chi connectivity index (χ0) is 19.4. The van der Waals surface area contributed by atoms with E-state index < -0.39 is 0 Å². The number of benzene rings is 3. The molecule has 0 N–H and O–H groups in total. The second kappa shape index (κ2) is 6.21. The lowest BCUT2D eigenvalue weighted by atomic mass is 9.83. The quantitative estimate of drug-likeness (QED) is 0.585. The van der Waals surface area contributed by atoms with Crippen LogP contribution >= 0.6 is 0 Å². The van der Waals surface area contributed by atoms with E-state index in [9.17, 15) is 0 Å². The van der Waals surface area contributed by atoms with Crippen molar-refractivity contribution in [1.29, 1.82) is 0 Å². The van der Waals surface area contributed by atoms with Crippen molar-refractivity contribution in [3.8, 4) is 0 Å². The predicted octanol–water partition coefficient (Wildman–Crippen LogP) is 5.16. The third-order valence-electron chi connectivity index (χ3n) is 6.71. The Bertz CT molecular complexity index is 1090. The highest BCUT2D eigenvalue weighted by Gasteiger charge is 2.64. The summed E-state index contributed by atoms with van der Waals surface area (Å²) < 4.78 is 0. The molecule has 0 amide bonds. The highest BCUT2D eigenvalue weighted by atomic mass is 15.8. The predicted molar refractivity (Wildman–Crippen MR) is 118 cm³/mol. The highest BCUT2D eigenvalue weighted by Crippen LogP contribution is 2.54. The largest absolute Gasteiger partial charge is 0.293 e. The van der Waals surface area contributed by atoms with Gasteiger partial charge in [-0.05, 0) is 42.4 Å². The maximum atomic E-state index is 5.08. The highest BCUT2D eigenvalue weighted by molar-refractivity contribution is 6.13. The van der Waals surface area contributed by atoms with Gasteiger partial charge in [-0.1, -0.05) is 79.7 Å². The van der Waals surface area contributed by atoms with Crippen LogP contribution in [0.15, 0.2) is 84.0 Å². The van der Waals surface area contributed by atoms with E-state index in [1.165, 1.54) is 40.8 Å². The van der Waals surface area contributed by atoms with E-state index in [2.05, 4.69) is 95.7 Å². The van der Waals surface area contributed by atoms with Gasteiger partial charge in [-0.2, -0.15) is 5.10 Å². The SMILES string of the molecule is CC1CCc2cccc(N3C(c4ccccc4)=NN4CC43c3ccccc3)c2C1. The zero-order valence-corrected chi connectivity index (χ0v) is 16.8. The second-order valence-corrected chi connectivity index (χ2v) is 8.63. The molecule has 2 heterocycles. The fourth-order valence-corrected chi connectivity index (χ4v) is 5.13. The number of hydrogen-bond donors (Lipinski definition) is 0. The summed E-state index contributed by atoms with van der Waals surface area (Å²) in [4.78, 5) is 2.52. The van der Waals surface area contributed by atoms with Crippen LogP contribution in [0.5, 0.6) is 0 Å². The van der Waals surface area contributed by atoms with Crippen molar-refractivity contribution < 1.29 is 0 Å². The van der Waals surface area contributed by atoms with Gasteiger partial charge >= 0.3 is 0 Å². The monoisotopic (exact) mass is 379 g/mol. The van der Waals surface area contributed by atoms with Gasteiger partial charge in [0.2, 0.25) is 0 Å². The Morgan fingerprint density at radius 3 is 2.45 bits per heavy atom. The first-order valence-corrected chi connectivity index (χ1v) is 10.7. The minimum atomic E-state index is -0.192. The summed E-state index contributed by atoms with van der Waals surface area (Å²) in [5.41, 5.74) is 6.66. The Morgan fingerprint density at radius 1 is 0.897 bits per heavy atom. The van der Waals surface area contributed by atoms with Crippen LogP contribution in [0.4, 0.5) is 5.69 Å². The molecule has 144 valence electrons. The molecule has 3 aromatic rings. The van der Waals surface area contributed by atoms with Crippen molar-refractivity contribution >= 4 is 11.5 Å². The van der Waals surface area contributed by atoms with Gasteiger partial charge in [-0.15, -0.1) is 0 Å². The first kappa shape index (κ1) is 16.8. The van der Waals surface area contributed by atoms with E-state index >= 15 is 0 Å². The minimum Gasteiger partial charge on any atom is -0.293 e. The molecule has 0 bridgehead atoms. The van der Waals surface area contributed by atoms with Gasteiger partial charge in [0.1, 0.15) is 0 Å². The molecule has 2 unspecified atom stereocenters. The molecule has 1 saturated heterocycles. The third kappa shape index (κ3) is 2.46. The van der Waals surface area contributed by atoms with Gasteiger partial charge in [0.25, 0.3) is 0 Å². The van der Waals surface area contributed by atoms with Crippen LogP contribution < -0.4 is 4.90 Å². The number of hydrazone groups is 1. The average Bonchev–Trinajstić information content (AvgIpc) is 3.40. The number of anilines is 1. The summed E-state index contributed by atoms with van der Waals surface area (Å²) in [6.45, 7) is 3.32. The van der Waals surface area contributed by atoms with Crippen molar-refractivity contribution in [2.45, 2.75) is 31.8 Å². The van der Waals surface area contributed by atoms with Crippen LogP contribution in [-0.4, -0.2) is 17.4 Å². The molecule has 2 atom stereocenters. The number of amidine groups is 1. The molecule has 2 aliphatic heterocycles. The van der Waals surface area contributed by atoms with Gasteiger partial charge in [0, 0.05) is 16.8 Å². The van der Waals surface area contributed by atoms with E-state index in [0.717, 1.165) is 24.7 Å². The van der Waals surface area contributed by atoms with Crippen LogP contribution in [0.2, 0.25) is 0 Å². The maximum Gasteiger partial charge on any atom is 0.180 e. The molecule has 3 aromatic carbocycles. The first-order chi connectivity index (χ1) is 14.3. The Hall–Kier alpha value is -3.07. The van der Waals surface area contributed by atoms with Gasteiger partial charge in [0.05, 0.1) is 6.54 Å². The molecule has 3 heteroatoms. The number of aryl methyl sites for hydroxylation is 1. The van der Waals surface area contributed by atoms with Crippen molar-refractivity contribution in [2.75, 3.05) is 11.4 Å². The van der Waals surface area contributed by atoms with E-state index in [4.69, 9.17) is 5.10 Å². The van der Waals surface area contributed by atoms with Gasteiger partial charge in [-0.25, -0.2) is 0 Å². The summed E-state index contributed by atoms with van der Waals surface area (Å²) in [5.74, 6) is 1.79. The smallest absolute Gasteiger partial charge is 0.180 e. The first-order valence-electron chi connectivity index (χ1n) is 10.7. The van der Waals surface area contributed by atoms with Crippen molar-refractivity contribution in [3.05, 3.63) is 101 Å². The molecule has 29 heavy (non-hydrogen) atoms. The number of fused-ring (bicyclic) bond motifs is 2. The molecule has 0 saturated carbocycles. The summed E-state index contributed by atoms with van der Waals surface area (Å²) >= 11 is 0. The number of rotatable bonds is 3. The Morgan fingerprint density at radius 2 is 1.66 bits per heavy atom. The molecule has 0 aromatic heterocycles. The van der Waals surface area contributed by atoms with Crippen LogP contribution in [-0.2, 0) is 18.5 Å². The second-order valence-electron chi connectivity index (χ2n) is 8.63. The number of nitrogens with zero attached hydrogens (tertiary/aromatic N) is 3. The summed E-state index contributed by atoms with van der Waals surface area (Å²) in [5, 5.41) is 7.33. The lowest BCUT2D eigenvalue weighted by Gasteiger charge is -2.34. The normalized spacial score (nSPS) is 24.7. The molecule has 1 fully saturated rings. The fraction of sp³-hybridized carbons (Fsp3) is 0.269. The van der Waals surface area contributed by atoms with Crippen molar-refractivity contribution in [3.63, 3.8) is 0 Å². The standard InChI is InChI=1S/C26H25N3/c1-19-15-16-20-11-8-14-24(23(20)17-19)29-25(21-9-4-2-5-10-21)27-28-18-26(28,29)22-12-6-3-7-13-22/h2-14,19H,15-18H2,1H3. The van der Waals surface area contributed by atoms with E-state index in [1.807, 2.05) is 0 Å². The van der Waals surface area contributed by atoms with Crippen LogP contribution in [0, 0.1) is 5.92 Å². The molecule has 1 aliphatic carbocycles. The maximum absolute atomic E-state index is 5.08. The molecule has 3 aliphatic rings. The van der Waals surface area contributed by atoms with Gasteiger partial charge in [-0.3, -0.25) is 9.91 Å². The zero-order valence-electron chi connectivity index (χ0n) is 16.8. The van der Waals surface area contributed by atoms with Crippen molar-refractivity contribution in [2.24, 2.45) is 11.0 Å². The lowest BCUT2D eigenvalue weighted by molar-refractivity contribution is 0.473. The molecule has 0 spiro atoms. The molecule has 3 nitrogen and oxygen atoms in total. The molecule has 6 rings (SSSR count). The summed E-state index contributed by atoms with van der Waals surface area (Å²) in [7, 11) is 0. The van der Waals surface area contributed by atoms with Crippen LogP contribution in [0.1, 0.15) is 35.6 Å². The van der Waals surface area contributed by atoms with Gasteiger partial charge in [0.15, 0.2) is 11.5 Å². The number of hydrogen-bond acceptors (Lipinski definition) is 3. The minimum absolute atomic E-state index is 0.192. The van der Waals surface area contributed by atoms with Crippen LogP contribution in [0.25, 0.3) is 0 Å². The Kier molecular flexibility index (Phi) is 3.61.